The molecule has 0 saturated heterocycles. The molecule has 0 saturated carbocycles. The van der Waals surface area contributed by atoms with Crippen molar-refractivity contribution in [3.05, 3.63) is 108 Å². The normalized spacial score (nSPS) is 18.5. The fourth-order valence-corrected chi connectivity index (χ4v) is 8.75. The van der Waals surface area contributed by atoms with Crippen LogP contribution in [0.5, 0.6) is 0 Å². The SMILES string of the molecule is CN1C(=O)[C@H](CCCCN)NC(=O)[C@H](CCCN)NCc2cccnc2Sc2c(F)ccc(-c3ccc(S(=O)(=O)O)cc3)c2CNC(=O)[C@@H]1Cc1c[nH]c2ccccc12. The van der Waals surface area contributed by atoms with E-state index in [1.807, 2.05) is 30.3 Å². The van der Waals surface area contributed by atoms with E-state index in [9.17, 15) is 27.4 Å². The molecule has 0 spiro atoms. The Kier molecular flexibility index (Phi) is 14.5. The van der Waals surface area contributed by atoms with Crippen LogP contribution in [0.2, 0.25) is 0 Å². The molecule has 5 aromatic rings. The number of para-hydroxylation sites is 1. The molecule has 312 valence electrons. The summed E-state index contributed by atoms with van der Waals surface area (Å²) >= 11 is 1.05. The number of aromatic amines is 1. The third-order valence-electron chi connectivity index (χ3n) is 10.5. The van der Waals surface area contributed by atoms with E-state index in [0.717, 1.165) is 28.2 Å². The number of H-pyrrole nitrogens is 1. The van der Waals surface area contributed by atoms with Gasteiger partial charge in [0.05, 0.1) is 15.8 Å². The van der Waals surface area contributed by atoms with Crippen molar-refractivity contribution in [2.24, 2.45) is 11.5 Å². The molecule has 3 atom stereocenters. The molecular formula is C42H49FN8O6S2. The van der Waals surface area contributed by atoms with Crippen LogP contribution in [0.3, 0.4) is 0 Å². The number of nitrogens with zero attached hydrogens (tertiary/aromatic N) is 2. The predicted molar refractivity (Wildman–Crippen MR) is 224 cm³/mol. The smallest absolute Gasteiger partial charge is 0.294 e. The molecule has 3 heterocycles. The predicted octanol–water partition coefficient (Wildman–Crippen LogP) is 4.28. The Balaban J connectivity index is 1.48. The molecule has 1 aliphatic rings. The summed E-state index contributed by atoms with van der Waals surface area (Å²) in [7, 11) is -2.95. The van der Waals surface area contributed by atoms with E-state index in [2.05, 4.69) is 25.9 Å². The number of nitrogens with one attached hydrogen (secondary N) is 4. The van der Waals surface area contributed by atoms with Crippen LogP contribution >= 0.6 is 11.8 Å². The number of likely N-dealkylation sites (N-methyl/N-ethyl adjacent to an activating group) is 1. The van der Waals surface area contributed by atoms with Crippen molar-refractivity contribution in [3.63, 3.8) is 0 Å². The molecule has 14 nitrogen and oxygen atoms in total. The summed E-state index contributed by atoms with van der Waals surface area (Å²) in [5.41, 5.74) is 15.3. The number of fused-ring (bicyclic) bond motifs is 3. The molecule has 0 bridgehead atoms. The molecular weight excluding hydrogens is 796 g/mol. The van der Waals surface area contributed by atoms with Gasteiger partial charge in [-0.05, 0) is 103 Å². The van der Waals surface area contributed by atoms with Crippen molar-refractivity contribution in [2.45, 2.75) is 84.6 Å². The van der Waals surface area contributed by atoms with Gasteiger partial charge in [0.1, 0.15) is 22.9 Å². The lowest BCUT2D eigenvalue weighted by molar-refractivity contribution is -0.142. The highest BCUT2D eigenvalue weighted by atomic mass is 32.2. The van der Waals surface area contributed by atoms with E-state index in [1.54, 1.807) is 18.5 Å². The maximum absolute atomic E-state index is 16.2. The number of pyridine rings is 1. The average Bonchev–Trinajstić information content (AvgIpc) is 3.64. The van der Waals surface area contributed by atoms with Crippen molar-refractivity contribution in [2.75, 3.05) is 20.1 Å². The summed E-state index contributed by atoms with van der Waals surface area (Å²) in [4.78, 5) is 52.3. The quantitative estimate of drug-likeness (QED) is 0.0734. The number of nitrogens with two attached hydrogens (primary N) is 2. The van der Waals surface area contributed by atoms with Crippen molar-refractivity contribution in [1.82, 2.24) is 30.8 Å². The van der Waals surface area contributed by atoms with Crippen LogP contribution in [-0.4, -0.2) is 83.8 Å². The van der Waals surface area contributed by atoms with Gasteiger partial charge in [0, 0.05) is 49.9 Å². The van der Waals surface area contributed by atoms with Crippen LogP contribution in [-0.2, 0) is 44.0 Å². The summed E-state index contributed by atoms with van der Waals surface area (Å²) in [5, 5.41) is 10.6. The van der Waals surface area contributed by atoms with E-state index in [4.69, 9.17) is 11.5 Å². The molecule has 0 fully saturated rings. The number of carbonyl (C=O) groups is 3. The number of rotatable bonds is 11. The summed E-state index contributed by atoms with van der Waals surface area (Å²) in [6.45, 7) is 0.709. The van der Waals surface area contributed by atoms with E-state index in [1.165, 1.54) is 48.3 Å². The lowest BCUT2D eigenvalue weighted by Gasteiger charge is -2.32. The molecule has 9 N–H and O–H groups in total. The van der Waals surface area contributed by atoms with E-state index < -0.39 is 51.8 Å². The Morgan fingerprint density at radius 2 is 1.64 bits per heavy atom. The van der Waals surface area contributed by atoms with E-state index in [0.29, 0.717) is 66.1 Å². The van der Waals surface area contributed by atoms with Crippen molar-refractivity contribution in [3.8, 4) is 11.1 Å². The highest BCUT2D eigenvalue weighted by Crippen LogP contribution is 2.39. The number of carbonyl (C=O) groups excluding carboxylic acids is 3. The standard InChI is InChI=1S/C42H49FN8O6S2/c1-51-37(22-28-24-47-34-10-3-2-9-31(28)34)40(53)49-25-32-30(26-13-15-29(16-14-26)59(55,56)57)17-18-33(43)38(32)58-41-27(8-7-21-46-41)23-48-35(12-6-20-45)39(52)50-36(42(51)54)11-4-5-19-44/h2-3,7-10,13-18,21,24,35-37,47-48H,4-6,11-12,19-20,22-23,25,44-45H2,1H3,(H,49,53)(H,50,52)(H,55,56,57)/t35-,36-,37-/m0/s1. The van der Waals surface area contributed by atoms with Crippen LogP contribution in [0.15, 0.2) is 100 Å². The average molecular weight is 845 g/mol. The van der Waals surface area contributed by atoms with Gasteiger partial charge >= 0.3 is 0 Å². The molecule has 59 heavy (non-hydrogen) atoms. The molecule has 2 aromatic heterocycles. The van der Waals surface area contributed by atoms with E-state index in [-0.39, 0.29) is 35.7 Å². The molecule has 3 amide bonds. The minimum atomic E-state index is -4.49. The van der Waals surface area contributed by atoms with Crippen LogP contribution < -0.4 is 27.4 Å². The van der Waals surface area contributed by atoms with Crippen LogP contribution in [0.25, 0.3) is 22.0 Å². The fraction of sp³-hybridized carbons (Fsp3) is 0.333. The van der Waals surface area contributed by atoms with E-state index >= 15 is 4.39 Å². The van der Waals surface area contributed by atoms with Gasteiger partial charge in [-0.25, -0.2) is 9.37 Å². The highest BCUT2D eigenvalue weighted by Gasteiger charge is 2.34. The van der Waals surface area contributed by atoms with Gasteiger partial charge < -0.3 is 37.3 Å². The zero-order valence-electron chi connectivity index (χ0n) is 32.6. The first kappa shape index (κ1) is 43.4. The van der Waals surface area contributed by atoms with Crippen molar-refractivity contribution < 1.29 is 31.7 Å². The lowest BCUT2D eigenvalue weighted by atomic mass is 9.98. The molecule has 17 heteroatoms. The Hall–Kier alpha value is -5.17. The summed E-state index contributed by atoms with van der Waals surface area (Å²) < 4.78 is 49.6. The topological polar surface area (TPSA) is 226 Å². The van der Waals surface area contributed by atoms with Gasteiger partial charge in [-0.15, -0.1) is 0 Å². The molecule has 0 unspecified atom stereocenters. The number of benzene rings is 3. The van der Waals surface area contributed by atoms with Gasteiger partial charge in [-0.2, -0.15) is 8.42 Å². The Morgan fingerprint density at radius 3 is 2.39 bits per heavy atom. The molecule has 6 rings (SSSR count). The first-order valence-corrected chi connectivity index (χ1v) is 21.7. The fourth-order valence-electron chi connectivity index (χ4n) is 7.22. The lowest BCUT2D eigenvalue weighted by Crippen LogP contribution is -2.57. The molecule has 3 aromatic carbocycles. The first-order chi connectivity index (χ1) is 28.4. The molecule has 0 aliphatic carbocycles. The zero-order chi connectivity index (χ0) is 42.1. The van der Waals surface area contributed by atoms with Crippen LogP contribution in [0.4, 0.5) is 4.39 Å². The number of unbranched alkanes of at least 4 members (excludes halogenated alkanes) is 1. The van der Waals surface area contributed by atoms with Crippen molar-refractivity contribution >= 4 is 50.5 Å². The number of hydrogen-bond donors (Lipinski definition) is 7. The van der Waals surface area contributed by atoms with Crippen LogP contribution in [0.1, 0.15) is 48.8 Å². The van der Waals surface area contributed by atoms with Gasteiger partial charge in [-0.1, -0.05) is 54.2 Å². The monoisotopic (exact) mass is 844 g/mol. The summed E-state index contributed by atoms with van der Waals surface area (Å²) in [6, 6.07) is 16.6. The second kappa shape index (κ2) is 19.7. The maximum Gasteiger partial charge on any atom is 0.294 e. The first-order valence-electron chi connectivity index (χ1n) is 19.4. The van der Waals surface area contributed by atoms with Gasteiger partial charge in [0.25, 0.3) is 10.1 Å². The number of amides is 3. The minimum Gasteiger partial charge on any atom is -0.361 e. The molecule has 0 radical (unpaired) electrons. The second-order valence-electron chi connectivity index (χ2n) is 14.4. The minimum absolute atomic E-state index is 0.105. The van der Waals surface area contributed by atoms with Crippen molar-refractivity contribution in [1.29, 1.82) is 0 Å². The second-order valence-corrected chi connectivity index (χ2v) is 16.8. The Morgan fingerprint density at radius 1 is 0.898 bits per heavy atom. The third kappa shape index (κ3) is 10.5. The Labute approximate surface area is 346 Å². The van der Waals surface area contributed by atoms with Gasteiger partial charge in [-0.3, -0.25) is 18.9 Å². The maximum atomic E-state index is 16.2. The number of hydrogen-bond acceptors (Lipinski definition) is 10. The number of halogens is 1. The van der Waals surface area contributed by atoms with Gasteiger partial charge in [0.2, 0.25) is 17.7 Å². The molecule has 1 aliphatic heterocycles. The summed E-state index contributed by atoms with van der Waals surface area (Å²) in [5.74, 6) is -1.99. The van der Waals surface area contributed by atoms with Gasteiger partial charge in [0.15, 0.2) is 0 Å². The highest BCUT2D eigenvalue weighted by molar-refractivity contribution is 7.99. The summed E-state index contributed by atoms with van der Waals surface area (Å²) in [6.07, 6.45) is 5.82. The Bertz CT molecular complexity index is 2390. The zero-order valence-corrected chi connectivity index (χ0v) is 34.3. The largest absolute Gasteiger partial charge is 0.361 e. The third-order valence-corrected chi connectivity index (χ3v) is 12.6. The van der Waals surface area contributed by atoms with Crippen LogP contribution in [0, 0.1) is 5.82 Å². The number of aromatic nitrogens is 2.